The van der Waals surface area contributed by atoms with Crippen molar-refractivity contribution in [1.82, 2.24) is 4.90 Å². The Morgan fingerprint density at radius 2 is 2.14 bits per heavy atom. The zero-order valence-electron chi connectivity index (χ0n) is 13.1. The van der Waals surface area contributed by atoms with Crippen LogP contribution in [0.2, 0.25) is 0 Å². The Bertz CT molecular complexity index is 388. The zero-order valence-corrected chi connectivity index (χ0v) is 13.1. The molecule has 5 heteroatoms. The van der Waals surface area contributed by atoms with Gasteiger partial charge in [0.25, 0.3) is 0 Å². The van der Waals surface area contributed by atoms with Crippen LogP contribution in [0.25, 0.3) is 0 Å². The van der Waals surface area contributed by atoms with Gasteiger partial charge >= 0.3 is 0 Å². The third kappa shape index (κ3) is 7.43. The van der Waals surface area contributed by atoms with Gasteiger partial charge in [-0.1, -0.05) is 19.1 Å². The first-order valence-corrected chi connectivity index (χ1v) is 7.59. The Hall–Kier alpha value is -1.14. The van der Waals surface area contributed by atoms with Gasteiger partial charge in [0.05, 0.1) is 6.61 Å². The maximum absolute atomic E-state index is 10.1. The van der Waals surface area contributed by atoms with Gasteiger partial charge in [-0.25, -0.2) is 0 Å². The van der Waals surface area contributed by atoms with Crippen molar-refractivity contribution in [2.75, 3.05) is 39.5 Å². The van der Waals surface area contributed by atoms with Crippen LogP contribution >= 0.6 is 0 Å². The molecule has 0 aliphatic carbocycles. The van der Waals surface area contributed by atoms with Crippen molar-refractivity contribution >= 4 is 0 Å². The molecule has 3 N–H and O–H groups in total. The Balaban J connectivity index is 2.32. The van der Waals surface area contributed by atoms with Crippen molar-refractivity contribution in [3.05, 3.63) is 29.8 Å². The number of hydrogen-bond donors (Lipinski definition) is 2. The second-order valence-corrected chi connectivity index (χ2v) is 4.91. The summed E-state index contributed by atoms with van der Waals surface area (Å²) in [7, 11) is 0. The molecule has 0 aliphatic rings. The molecule has 1 rings (SSSR count). The molecule has 0 heterocycles. The smallest absolute Gasteiger partial charge is 0.119 e. The van der Waals surface area contributed by atoms with E-state index in [1.165, 1.54) is 0 Å². The van der Waals surface area contributed by atoms with Crippen LogP contribution < -0.4 is 10.5 Å². The fourth-order valence-electron chi connectivity index (χ4n) is 2.02. The lowest BCUT2D eigenvalue weighted by Gasteiger charge is -2.23. The minimum atomic E-state index is -0.520. The van der Waals surface area contributed by atoms with Gasteiger partial charge in [0.1, 0.15) is 18.5 Å². The third-order valence-electron chi connectivity index (χ3n) is 3.25. The van der Waals surface area contributed by atoms with Gasteiger partial charge in [0, 0.05) is 26.2 Å². The number of rotatable bonds is 11. The fourth-order valence-corrected chi connectivity index (χ4v) is 2.02. The molecule has 0 radical (unpaired) electrons. The molecule has 5 nitrogen and oxygen atoms in total. The number of aliphatic hydroxyl groups excluding tert-OH is 1. The van der Waals surface area contributed by atoms with Crippen LogP contribution in [0.4, 0.5) is 0 Å². The van der Waals surface area contributed by atoms with E-state index >= 15 is 0 Å². The molecule has 0 amide bonds. The molecular formula is C16H28N2O3. The summed E-state index contributed by atoms with van der Waals surface area (Å²) in [5.41, 5.74) is 6.62. The topological polar surface area (TPSA) is 68.0 Å². The van der Waals surface area contributed by atoms with Crippen LogP contribution in [-0.2, 0) is 11.3 Å². The average molecular weight is 296 g/mol. The fraction of sp³-hybridized carbons (Fsp3) is 0.625. The van der Waals surface area contributed by atoms with Crippen molar-refractivity contribution in [3.8, 4) is 5.75 Å². The van der Waals surface area contributed by atoms with Crippen LogP contribution in [0, 0.1) is 0 Å². The number of nitrogens with two attached hydrogens (primary N) is 1. The van der Waals surface area contributed by atoms with Gasteiger partial charge in [-0.15, -0.1) is 0 Å². The lowest BCUT2D eigenvalue weighted by molar-refractivity contribution is 0.0536. The number of aliphatic hydroxyl groups is 1. The number of nitrogens with zero attached hydrogens (tertiary/aromatic N) is 1. The van der Waals surface area contributed by atoms with E-state index in [1.807, 2.05) is 31.2 Å². The summed E-state index contributed by atoms with van der Waals surface area (Å²) in [4.78, 5) is 2.15. The Morgan fingerprint density at radius 1 is 1.33 bits per heavy atom. The second-order valence-electron chi connectivity index (χ2n) is 4.91. The number of likely N-dealkylation sites (N-methyl/N-ethyl adjacent to an activating group) is 1. The molecule has 1 aromatic rings. The van der Waals surface area contributed by atoms with E-state index < -0.39 is 6.10 Å². The van der Waals surface area contributed by atoms with E-state index in [-0.39, 0.29) is 6.61 Å². The van der Waals surface area contributed by atoms with Gasteiger partial charge < -0.3 is 20.3 Å². The first-order valence-electron chi connectivity index (χ1n) is 7.59. The van der Waals surface area contributed by atoms with Crippen molar-refractivity contribution in [1.29, 1.82) is 0 Å². The SMILES string of the molecule is CCOCCN(CC)CC(O)COc1cccc(CN)c1. The van der Waals surface area contributed by atoms with Crippen molar-refractivity contribution in [3.63, 3.8) is 0 Å². The molecule has 0 aliphatic heterocycles. The minimum absolute atomic E-state index is 0.277. The van der Waals surface area contributed by atoms with E-state index in [0.29, 0.717) is 19.7 Å². The van der Waals surface area contributed by atoms with Gasteiger partial charge in [0.2, 0.25) is 0 Å². The molecule has 0 saturated heterocycles. The van der Waals surface area contributed by atoms with E-state index in [4.69, 9.17) is 15.2 Å². The Labute approximate surface area is 127 Å². The highest BCUT2D eigenvalue weighted by molar-refractivity contribution is 5.28. The number of hydrogen-bond acceptors (Lipinski definition) is 5. The predicted molar refractivity (Wildman–Crippen MR) is 84.4 cm³/mol. The minimum Gasteiger partial charge on any atom is -0.491 e. The van der Waals surface area contributed by atoms with E-state index in [1.54, 1.807) is 0 Å². The largest absolute Gasteiger partial charge is 0.491 e. The number of ether oxygens (including phenoxy) is 2. The third-order valence-corrected chi connectivity index (χ3v) is 3.25. The molecule has 0 fully saturated rings. The van der Waals surface area contributed by atoms with Crippen molar-refractivity contribution in [2.24, 2.45) is 5.73 Å². The van der Waals surface area contributed by atoms with Crippen LogP contribution in [0.5, 0.6) is 5.75 Å². The molecule has 120 valence electrons. The molecule has 1 aromatic carbocycles. The lowest BCUT2D eigenvalue weighted by Crippen LogP contribution is -2.37. The van der Waals surface area contributed by atoms with Gasteiger partial charge in [-0.2, -0.15) is 0 Å². The zero-order chi connectivity index (χ0) is 15.5. The van der Waals surface area contributed by atoms with Gasteiger partial charge in [-0.3, -0.25) is 4.90 Å². The van der Waals surface area contributed by atoms with Gasteiger partial charge in [-0.05, 0) is 31.2 Å². The average Bonchev–Trinajstić information content (AvgIpc) is 2.52. The quantitative estimate of drug-likeness (QED) is 0.601. The lowest BCUT2D eigenvalue weighted by atomic mass is 10.2. The molecular weight excluding hydrogens is 268 g/mol. The maximum atomic E-state index is 10.1. The highest BCUT2D eigenvalue weighted by atomic mass is 16.5. The monoisotopic (exact) mass is 296 g/mol. The normalized spacial score (nSPS) is 12.6. The molecule has 21 heavy (non-hydrogen) atoms. The standard InChI is InChI=1S/C16H28N2O3/c1-3-18(8-9-20-4-2)12-15(19)13-21-16-7-5-6-14(10-16)11-17/h5-7,10,15,19H,3-4,8-9,11-13,17H2,1-2H3. The van der Waals surface area contributed by atoms with E-state index in [2.05, 4.69) is 11.8 Å². The summed E-state index contributed by atoms with van der Waals surface area (Å²) in [5.74, 6) is 0.745. The second kappa shape index (κ2) is 10.6. The summed E-state index contributed by atoms with van der Waals surface area (Å²) in [5, 5.41) is 10.1. The van der Waals surface area contributed by atoms with Crippen LogP contribution in [0.1, 0.15) is 19.4 Å². The maximum Gasteiger partial charge on any atom is 0.119 e. The van der Waals surface area contributed by atoms with E-state index in [9.17, 15) is 5.11 Å². The van der Waals surface area contributed by atoms with Gasteiger partial charge in [0.15, 0.2) is 0 Å². The molecule has 0 saturated carbocycles. The number of benzene rings is 1. The van der Waals surface area contributed by atoms with Crippen LogP contribution in [0.15, 0.2) is 24.3 Å². The van der Waals surface area contributed by atoms with Crippen LogP contribution in [-0.4, -0.2) is 55.6 Å². The summed E-state index contributed by atoms with van der Waals surface area (Å²) in [6.07, 6.45) is -0.520. The van der Waals surface area contributed by atoms with Crippen LogP contribution in [0.3, 0.4) is 0 Å². The molecule has 0 aromatic heterocycles. The first kappa shape index (κ1) is 17.9. The van der Waals surface area contributed by atoms with Crippen molar-refractivity contribution in [2.45, 2.75) is 26.5 Å². The molecule has 0 bridgehead atoms. The highest BCUT2D eigenvalue weighted by Crippen LogP contribution is 2.13. The van der Waals surface area contributed by atoms with E-state index in [0.717, 1.165) is 31.0 Å². The summed E-state index contributed by atoms with van der Waals surface area (Å²) < 4.78 is 11.0. The highest BCUT2D eigenvalue weighted by Gasteiger charge is 2.11. The molecule has 0 spiro atoms. The summed E-state index contributed by atoms with van der Waals surface area (Å²) in [6.45, 7) is 8.52. The molecule has 1 unspecified atom stereocenters. The Morgan fingerprint density at radius 3 is 2.81 bits per heavy atom. The summed E-state index contributed by atoms with van der Waals surface area (Å²) in [6, 6.07) is 7.64. The first-order chi connectivity index (χ1) is 10.2. The Kier molecular flexibility index (Phi) is 9.01. The predicted octanol–water partition coefficient (Wildman–Crippen LogP) is 1.24. The van der Waals surface area contributed by atoms with Crippen molar-refractivity contribution < 1.29 is 14.6 Å². The molecule has 1 atom stereocenters. The summed E-state index contributed by atoms with van der Waals surface area (Å²) >= 11 is 0.